The van der Waals surface area contributed by atoms with Gasteiger partial charge in [-0.05, 0) is 68.0 Å². The first-order valence-electron chi connectivity index (χ1n) is 13.2. The Hall–Kier alpha value is -4.73. The fraction of sp³-hybridized carbons (Fsp3) is 0.194. The number of hydrazone groups is 1. The highest BCUT2D eigenvalue weighted by atomic mass is 79.9. The van der Waals surface area contributed by atoms with E-state index in [-0.39, 0.29) is 19.8 Å². The van der Waals surface area contributed by atoms with Gasteiger partial charge in [-0.25, -0.2) is 10.2 Å². The summed E-state index contributed by atoms with van der Waals surface area (Å²) in [6.07, 6.45) is 1.48. The van der Waals surface area contributed by atoms with E-state index in [0.29, 0.717) is 44.6 Å². The van der Waals surface area contributed by atoms with Crippen molar-refractivity contribution in [2.24, 2.45) is 5.10 Å². The zero-order chi connectivity index (χ0) is 30.8. The number of nitrogens with one attached hydrogen (secondary N) is 3. The highest BCUT2D eigenvalue weighted by Crippen LogP contribution is 2.33. The largest absolute Gasteiger partial charge is 0.488 e. The number of carbonyl (C=O) groups excluding carboxylic acids is 2. The summed E-state index contributed by atoms with van der Waals surface area (Å²) in [5, 5.41) is 19.5. The van der Waals surface area contributed by atoms with Crippen LogP contribution in [0.2, 0.25) is 0 Å². The van der Waals surface area contributed by atoms with Gasteiger partial charge in [-0.15, -0.1) is 0 Å². The first-order chi connectivity index (χ1) is 20.8. The second kappa shape index (κ2) is 14.9. The van der Waals surface area contributed by atoms with Crippen molar-refractivity contribution in [1.29, 1.82) is 5.26 Å². The maximum Gasteiger partial charge on any atom is 0.338 e. The molecule has 0 bridgehead atoms. The van der Waals surface area contributed by atoms with E-state index in [1.165, 1.54) is 6.21 Å². The van der Waals surface area contributed by atoms with Crippen molar-refractivity contribution < 1.29 is 23.8 Å². The molecule has 0 saturated carbocycles. The average Bonchev–Trinajstić information content (AvgIpc) is 2.99. The van der Waals surface area contributed by atoms with E-state index in [0.717, 1.165) is 10.0 Å². The van der Waals surface area contributed by atoms with Crippen LogP contribution >= 0.6 is 28.1 Å². The summed E-state index contributed by atoms with van der Waals surface area (Å²) < 4.78 is 17.9. The van der Waals surface area contributed by atoms with Crippen molar-refractivity contribution in [3.63, 3.8) is 0 Å². The SMILES string of the molecule is CCOC(=O)C1=C(C)NC(=S)N[C@H]1c1ccccc1OCC(=O)NN=Cc1cc(Br)ccc1OCc1ccc(C#N)cc1. The number of halogens is 1. The number of rotatable bonds is 11. The normalized spacial score (nSPS) is 14.4. The summed E-state index contributed by atoms with van der Waals surface area (Å²) in [6, 6.07) is 21.1. The lowest BCUT2D eigenvalue weighted by molar-refractivity contribution is -0.139. The van der Waals surface area contributed by atoms with Gasteiger partial charge < -0.3 is 24.8 Å². The quantitative estimate of drug-likeness (QED) is 0.115. The number of hydrogen-bond acceptors (Lipinski definition) is 8. The standard InChI is InChI=1S/C31H28BrN5O5S/c1-3-40-30(39)28-19(2)35-31(43)36-29(28)24-6-4-5-7-26(24)42-18-27(38)37-34-16-22-14-23(32)12-13-25(22)41-17-21-10-8-20(15-33)9-11-21/h4-14,16,29H,3,17-18H2,1-2H3,(H,37,38)(H2,35,36,43)/t29-/m0/s1. The van der Waals surface area contributed by atoms with Crippen molar-refractivity contribution in [2.75, 3.05) is 13.2 Å². The first kappa shape index (κ1) is 31.2. The highest BCUT2D eigenvalue weighted by Gasteiger charge is 2.32. The lowest BCUT2D eigenvalue weighted by Gasteiger charge is -2.30. The lowest BCUT2D eigenvalue weighted by atomic mass is 9.95. The summed E-state index contributed by atoms with van der Waals surface area (Å²) in [6.45, 7) is 3.66. The minimum absolute atomic E-state index is 0.219. The molecule has 1 amide bonds. The molecule has 0 unspecified atom stereocenters. The highest BCUT2D eigenvalue weighted by molar-refractivity contribution is 9.10. The van der Waals surface area contributed by atoms with Gasteiger partial charge in [0, 0.05) is 21.3 Å². The van der Waals surface area contributed by atoms with Crippen molar-refractivity contribution >= 4 is 51.4 Å². The summed E-state index contributed by atoms with van der Waals surface area (Å²) in [4.78, 5) is 25.4. The van der Waals surface area contributed by atoms with Crippen LogP contribution in [0.1, 0.15) is 42.1 Å². The number of carbonyl (C=O) groups is 2. The van der Waals surface area contributed by atoms with Crippen LogP contribution in [0.3, 0.4) is 0 Å². The number of amides is 1. The number of nitriles is 1. The molecule has 12 heteroatoms. The van der Waals surface area contributed by atoms with Gasteiger partial charge in [-0.3, -0.25) is 4.79 Å². The number of esters is 1. The predicted octanol–water partition coefficient (Wildman–Crippen LogP) is 4.78. The zero-order valence-corrected chi connectivity index (χ0v) is 25.8. The fourth-order valence-corrected chi connectivity index (χ4v) is 4.84. The number of benzene rings is 3. The topological polar surface area (TPSA) is 134 Å². The van der Waals surface area contributed by atoms with Crippen LogP contribution in [-0.4, -0.2) is 36.4 Å². The Kier molecular flexibility index (Phi) is 10.9. The molecule has 3 N–H and O–H groups in total. The van der Waals surface area contributed by atoms with Gasteiger partial charge in [0.05, 0.1) is 36.1 Å². The molecule has 0 saturated heterocycles. The van der Waals surface area contributed by atoms with Crippen molar-refractivity contribution in [1.82, 2.24) is 16.1 Å². The molecule has 0 fully saturated rings. The van der Waals surface area contributed by atoms with E-state index < -0.39 is 17.9 Å². The maximum absolute atomic E-state index is 12.7. The Balaban J connectivity index is 1.40. The van der Waals surface area contributed by atoms with Gasteiger partial charge in [0.25, 0.3) is 5.91 Å². The molecule has 0 spiro atoms. The van der Waals surface area contributed by atoms with Crippen LogP contribution in [0.25, 0.3) is 0 Å². The molecular formula is C31H28BrN5O5S. The van der Waals surface area contributed by atoms with Gasteiger partial charge in [0.1, 0.15) is 18.1 Å². The minimum atomic E-state index is -0.635. The number of thiocarbonyl (C=S) groups is 1. The maximum atomic E-state index is 12.7. The molecule has 0 aromatic heterocycles. The van der Waals surface area contributed by atoms with Crippen LogP contribution in [0.5, 0.6) is 11.5 Å². The fourth-order valence-electron chi connectivity index (χ4n) is 4.19. The van der Waals surface area contributed by atoms with Crippen LogP contribution in [0.4, 0.5) is 0 Å². The predicted molar refractivity (Wildman–Crippen MR) is 168 cm³/mol. The Bertz CT molecular complexity index is 1620. The van der Waals surface area contributed by atoms with E-state index in [1.54, 1.807) is 56.3 Å². The summed E-state index contributed by atoms with van der Waals surface area (Å²) >= 11 is 8.76. The molecule has 1 aliphatic rings. The second-order valence-electron chi connectivity index (χ2n) is 9.19. The molecule has 4 rings (SSSR count). The molecule has 3 aromatic carbocycles. The molecule has 1 heterocycles. The molecule has 10 nitrogen and oxygen atoms in total. The van der Waals surface area contributed by atoms with E-state index >= 15 is 0 Å². The second-order valence-corrected chi connectivity index (χ2v) is 10.5. The number of allylic oxidation sites excluding steroid dienone is 1. The van der Waals surface area contributed by atoms with Gasteiger partial charge in [0.15, 0.2) is 11.7 Å². The van der Waals surface area contributed by atoms with Crippen molar-refractivity contribution in [2.45, 2.75) is 26.5 Å². The summed E-state index contributed by atoms with van der Waals surface area (Å²) in [5.41, 5.74) is 6.13. The average molecular weight is 663 g/mol. The molecule has 0 aliphatic carbocycles. The molecule has 0 radical (unpaired) electrons. The van der Waals surface area contributed by atoms with Crippen LogP contribution < -0.4 is 25.5 Å². The lowest BCUT2D eigenvalue weighted by Crippen LogP contribution is -2.45. The number of para-hydroxylation sites is 1. The van der Waals surface area contributed by atoms with E-state index in [4.69, 9.17) is 31.7 Å². The van der Waals surface area contributed by atoms with Crippen LogP contribution in [-0.2, 0) is 20.9 Å². The Labute approximate surface area is 262 Å². The van der Waals surface area contributed by atoms with Crippen molar-refractivity contribution in [3.8, 4) is 17.6 Å². The van der Waals surface area contributed by atoms with E-state index in [9.17, 15) is 9.59 Å². The third kappa shape index (κ3) is 8.41. The van der Waals surface area contributed by atoms with E-state index in [2.05, 4.69) is 43.2 Å². The van der Waals surface area contributed by atoms with Crippen molar-refractivity contribution in [3.05, 3.63) is 105 Å². The number of hydrogen-bond donors (Lipinski definition) is 3. The summed E-state index contributed by atoms with van der Waals surface area (Å²) in [5.74, 6) is -0.0257. The number of nitrogens with zero attached hydrogens (tertiary/aromatic N) is 2. The zero-order valence-electron chi connectivity index (χ0n) is 23.3. The minimum Gasteiger partial charge on any atom is -0.488 e. The van der Waals surface area contributed by atoms with Gasteiger partial charge >= 0.3 is 5.97 Å². The molecule has 43 heavy (non-hydrogen) atoms. The summed E-state index contributed by atoms with van der Waals surface area (Å²) in [7, 11) is 0. The molecule has 1 atom stereocenters. The first-order valence-corrected chi connectivity index (χ1v) is 14.4. The van der Waals surface area contributed by atoms with Crippen LogP contribution in [0.15, 0.2) is 87.6 Å². The molecular weight excluding hydrogens is 634 g/mol. The molecule has 3 aromatic rings. The monoisotopic (exact) mass is 661 g/mol. The van der Waals surface area contributed by atoms with Gasteiger partial charge in [-0.1, -0.05) is 46.3 Å². The van der Waals surface area contributed by atoms with Gasteiger partial charge in [-0.2, -0.15) is 10.4 Å². The van der Waals surface area contributed by atoms with E-state index in [1.807, 2.05) is 24.3 Å². The Morgan fingerprint density at radius 2 is 1.88 bits per heavy atom. The smallest absolute Gasteiger partial charge is 0.338 e. The third-order valence-corrected chi connectivity index (χ3v) is 6.91. The van der Waals surface area contributed by atoms with Gasteiger partial charge in [0.2, 0.25) is 0 Å². The molecule has 1 aliphatic heterocycles. The van der Waals surface area contributed by atoms with Crippen LogP contribution in [0, 0.1) is 11.3 Å². The number of ether oxygens (including phenoxy) is 3. The Morgan fingerprint density at radius 1 is 1.12 bits per heavy atom. The molecule has 220 valence electrons. The third-order valence-electron chi connectivity index (χ3n) is 6.20. The Morgan fingerprint density at radius 3 is 2.63 bits per heavy atom.